The third-order valence-electron chi connectivity index (χ3n) is 2.89. The zero-order valence-electron chi connectivity index (χ0n) is 9.24. The molecular weight excluding hydrogens is 194 g/mol. The summed E-state index contributed by atoms with van der Waals surface area (Å²) >= 11 is 0. The maximum atomic E-state index is 5.95. The van der Waals surface area contributed by atoms with Crippen molar-refractivity contribution in [3.8, 4) is 11.1 Å². The number of nitrogens with two attached hydrogens (primary N) is 1. The van der Waals surface area contributed by atoms with E-state index in [-0.39, 0.29) is 0 Å². The number of nitrogen functional groups attached to an aromatic ring is 1. The van der Waals surface area contributed by atoms with Gasteiger partial charge in [0.15, 0.2) is 0 Å². The van der Waals surface area contributed by atoms with E-state index in [0.717, 1.165) is 12.1 Å². The zero-order valence-corrected chi connectivity index (χ0v) is 9.24. The summed E-state index contributed by atoms with van der Waals surface area (Å²) in [6.45, 7) is 6.00. The van der Waals surface area contributed by atoms with Crippen LogP contribution >= 0.6 is 0 Å². The molecule has 2 N–H and O–H groups in total. The Bertz CT molecular complexity index is 515. The fourth-order valence-electron chi connectivity index (χ4n) is 2.18. The van der Waals surface area contributed by atoms with Crippen molar-refractivity contribution in [3.05, 3.63) is 66.7 Å². The Morgan fingerprint density at radius 3 is 2.38 bits per heavy atom. The highest BCUT2D eigenvalue weighted by Gasteiger charge is 2.18. The van der Waals surface area contributed by atoms with Gasteiger partial charge in [-0.3, -0.25) is 0 Å². The van der Waals surface area contributed by atoms with Crippen LogP contribution in [0.2, 0.25) is 0 Å². The van der Waals surface area contributed by atoms with E-state index >= 15 is 0 Å². The van der Waals surface area contributed by atoms with Crippen molar-refractivity contribution in [1.29, 1.82) is 0 Å². The van der Waals surface area contributed by atoms with Crippen LogP contribution < -0.4 is 5.73 Å². The fraction of sp³-hybridized carbons (Fsp3) is 0.0667. The molecule has 1 nitrogen and oxygen atoms in total. The molecule has 0 atom stereocenters. The van der Waals surface area contributed by atoms with Gasteiger partial charge in [-0.25, -0.2) is 0 Å². The van der Waals surface area contributed by atoms with Crippen molar-refractivity contribution in [3.63, 3.8) is 0 Å². The molecule has 0 fully saturated rings. The van der Waals surface area contributed by atoms with E-state index in [1.165, 1.54) is 22.3 Å². The Morgan fingerprint density at radius 1 is 0.875 bits per heavy atom. The van der Waals surface area contributed by atoms with Gasteiger partial charge in [0, 0.05) is 12.1 Å². The van der Waals surface area contributed by atoms with Crippen molar-refractivity contribution >= 4 is 5.69 Å². The van der Waals surface area contributed by atoms with Crippen LogP contribution in [-0.4, -0.2) is 0 Å². The summed E-state index contributed by atoms with van der Waals surface area (Å²) < 4.78 is 0. The lowest BCUT2D eigenvalue weighted by Gasteiger charge is -2.02. The van der Waals surface area contributed by atoms with Gasteiger partial charge in [-0.2, -0.15) is 0 Å². The van der Waals surface area contributed by atoms with Gasteiger partial charge in [0.05, 0.1) is 0 Å². The Balaban J connectivity index is 0.000000457. The van der Waals surface area contributed by atoms with Crippen LogP contribution in [-0.2, 0) is 6.42 Å². The van der Waals surface area contributed by atoms with E-state index in [1.54, 1.807) is 0 Å². The monoisotopic (exact) mass is 209 g/mol. The Kier molecular flexibility index (Phi) is 2.78. The normalized spacial score (nSPS) is 11.0. The predicted octanol–water partition coefficient (Wildman–Crippen LogP) is 3.64. The summed E-state index contributed by atoms with van der Waals surface area (Å²) in [5.74, 6) is 0. The standard InChI is InChI=1S/C13H11N.C2H4/c14-13-7-3-6-11-10-5-2-1-4-9(10)8-12(11)13;1-2/h1-7H,8,14H2;1-2H2. The lowest BCUT2D eigenvalue weighted by atomic mass is 10.1. The maximum Gasteiger partial charge on any atom is 0.0356 e. The summed E-state index contributed by atoms with van der Waals surface area (Å²) in [6.07, 6.45) is 0.984. The number of anilines is 1. The summed E-state index contributed by atoms with van der Waals surface area (Å²) in [4.78, 5) is 0. The van der Waals surface area contributed by atoms with Crippen LogP contribution in [0.25, 0.3) is 11.1 Å². The van der Waals surface area contributed by atoms with Gasteiger partial charge < -0.3 is 5.73 Å². The highest BCUT2D eigenvalue weighted by atomic mass is 14.6. The molecule has 80 valence electrons. The molecule has 1 aliphatic carbocycles. The van der Waals surface area contributed by atoms with Crippen LogP contribution in [0, 0.1) is 0 Å². The van der Waals surface area contributed by atoms with Crippen molar-refractivity contribution in [2.75, 3.05) is 5.73 Å². The molecule has 0 saturated heterocycles. The highest BCUT2D eigenvalue weighted by molar-refractivity contribution is 5.81. The number of benzene rings is 2. The molecule has 0 heterocycles. The Morgan fingerprint density at radius 2 is 1.56 bits per heavy atom. The van der Waals surface area contributed by atoms with E-state index in [4.69, 9.17) is 5.73 Å². The second kappa shape index (κ2) is 4.23. The minimum atomic E-state index is 0.915. The van der Waals surface area contributed by atoms with E-state index in [9.17, 15) is 0 Å². The summed E-state index contributed by atoms with van der Waals surface area (Å²) in [6, 6.07) is 14.7. The van der Waals surface area contributed by atoms with E-state index in [0.29, 0.717) is 0 Å². The molecule has 0 radical (unpaired) electrons. The lowest BCUT2D eigenvalue weighted by Crippen LogP contribution is -1.91. The van der Waals surface area contributed by atoms with Gasteiger partial charge in [-0.05, 0) is 28.3 Å². The molecule has 0 unspecified atom stereocenters. The number of rotatable bonds is 0. The molecule has 0 aromatic heterocycles. The van der Waals surface area contributed by atoms with Crippen LogP contribution in [0.3, 0.4) is 0 Å². The quantitative estimate of drug-likeness (QED) is 0.444. The van der Waals surface area contributed by atoms with E-state index in [2.05, 4.69) is 43.5 Å². The highest BCUT2D eigenvalue weighted by Crippen LogP contribution is 2.38. The first-order chi connectivity index (χ1) is 7.86. The van der Waals surface area contributed by atoms with E-state index in [1.807, 2.05) is 12.1 Å². The average Bonchev–Trinajstić information content (AvgIpc) is 2.72. The molecule has 1 aliphatic rings. The molecule has 0 spiro atoms. The lowest BCUT2D eigenvalue weighted by molar-refractivity contribution is 1.27. The minimum Gasteiger partial charge on any atom is -0.398 e. The first kappa shape index (κ1) is 10.5. The molecule has 3 rings (SSSR count). The largest absolute Gasteiger partial charge is 0.398 e. The molecule has 2 aromatic carbocycles. The zero-order chi connectivity index (χ0) is 11.5. The molecule has 0 aliphatic heterocycles. The van der Waals surface area contributed by atoms with Crippen LogP contribution in [0.1, 0.15) is 11.1 Å². The summed E-state index contributed by atoms with van der Waals surface area (Å²) in [7, 11) is 0. The third kappa shape index (κ3) is 1.50. The SMILES string of the molecule is C=C.Nc1cccc2c1Cc1ccccc1-2. The van der Waals surface area contributed by atoms with Gasteiger partial charge >= 0.3 is 0 Å². The number of hydrogen-bond donors (Lipinski definition) is 1. The molecule has 2 aromatic rings. The topological polar surface area (TPSA) is 26.0 Å². The Labute approximate surface area is 96.2 Å². The minimum absolute atomic E-state index is 0.915. The second-order valence-electron chi connectivity index (χ2n) is 3.71. The van der Waals surface area contributed by atoms with Crippen LogP contribution in [0.5, 0.6) is 0 Å². The molecule has 0 saturated carbocycles. The Hall–Kier alpha value is -2.02. The van der Waals surface area contributed by atoms with Crippen LogP contribution in [0.15, 0.2) is 55.6 Å². The van der Waals surface area contributed by atoms with E-state index < -0.39 is 0 Å². The van der Waals surface area contributed by atoms with Gasteiger partial charge in [0.25, 0.3) is 0 Å². The fourth-order valence-corrected chi connectivity index (χ4v) is 2.18. The average molecular weight is 209 g/mol. The van der Waals surface area contributed by atoms with Crippen molar-refractivity contribution in [2.45, 2.75) is 6.42 Å². The van der Waals surface area contributed by atoms with Gasteiger partial charge in [-0.1, -0.05) is 36.4 Å². The number of fused-ring (bicyclic) bond motifs is 3. The van der Waals surface area contributed by atoms with Crippen molar-refractivity contribution < 1.29 is 0 Å². The van der Waals surface area contributed by atoms with Gasteiger partial charge in [0.2, 0.25) is 0 Å². The summed E-state index contributed by atoms with van der Waals surface area (Å²) in [5.41, 5.74) is 12.2. The first-order valence-electron chi connectivity index (χ1n) is 5.32. The molecule has 16 heavy (non-hydrogen) atoms. The van der Waals surface area contributed by atoms with Gasteiger partial charge in [0.1, 0.15) is 0 Å². The van der Waals surface area contributed by atoms with Gasteiger partial charge in [-0.15, -0.1) is 13.2 Å². The third-order valence-corrected chi connectivity index (χ3v) is 2.89. The molecule has 1 heteroatoms. The van der Waals surface area contributed by atoms with Crippen molar-refractivity contribution in [2.24, 2.45) is 0 Å². The molecule has 0 amide bonds. The maximum absolute atomic E-state index is 5.95. The van der Waals surface area contributed by atoms with Crippen LogP contribution in [0.4, 0.5) is 5.69 Å². The second-order valence-corrected chi connectivity index (χ2v) is 3.71. The molecule has 0 bridgehead atoms. The smallest absolute Gasteiger partial charge is 0.0356 e. The van der Waals surface area contributed by atoms with Crippen molar-refractivity contribution in [1.82, 2.24) is 0 Å². The number of hydrogen-bond acceptors (Lipinski definition) is 1. The predicted molar refractivity (Wildman–Crippen MR) is 70.4 cm³/mol. The molecular formula is C15H15N. The summed E-state index contributed by atoms with van der Waals surface area (Å²) in [5, 5.41) is 0. The first-order valence-corrected chi connectivity index (χ1v) is 5.32.